The van der Waals surface area contributed by atoms with Crippen LogP contribution in [-0.4, -0.2) is 15.0 Å². The van der Waals surface area contributed by atoms with E-state index in [4.69, 9.17) is 15.0 Å². The van der Waals surface area contributed by atoms with Crippen molar-refractivity contribution in [3.05, 3.63) is 194 Å². The largest absolute Gasteiger partial charge is 0.310 e. The van der Waals surface area contributed by atoms with Crippen molar-refractivity contribution >= 4 is 59.3 Å². The number of para-hydroxylation sites is 2. The molecular weight excluding hydrogens is 677 g/mol. The van der Waals surface area contributed by atoms with Gasteiger partial charge in [-0.2, -0.15) is 0 Å². The van der Waals surface area contributed by atoms with E-state index in [1.54, 1.807) is 0 Å². The molecule has 54 heavy (non-hydrogen) atoms. The molecule has 0 spiro atoms. The van der Waals surface area contributed by atoms with Gasteiger partial charge in [0, 0.05) is 48.2 Å². The number of aromatic nitrogens is 3. The van der Waals surface area contributed by atoms with E-state index < -0.39 is 0 Å². The first-order chi connectivity index (χ1) is 26.8. The molecule has 0 amide bonds. The molecule has 0 bridgehead atoms. The zero-order valence-electron chi connectivity index (χ0n) is 29.2. The van der Waals surface area contributed by atoms with Crippen LogP contribution in [0.3, 0.4) is 0 Å². The molecule has 0 unspecified atom stereocenters. The van der Waals surface area contributed by atoms with Crippen molar-refractivity contribution in [2.24, 2.45) is 0 Å². The molecule has 2 aromatic heterocycles. The van der Waals surface area contributed by atoms with Crippen LogP contribution in [0.25, 0.3) is 76.2 Å². The molecule has 10 aromatic rings. The minimum atomic E-state index is 0.612. The molecule has 0 N–H and O–H groups in total. The van der Waals surface area contributed by atoms with E-state index in [9.17, 15) is 0 Å². The lowest BCUT2D eigenvalue weighted by Crippen LogP contribution is -2.12. The summed E-state index contributed by atoms with van der Waals surface area (Å²) in [4.78, 5) is 17.6. The predicted molar refractivity (Wildman–Crippen MR) is 227 cm³/mol. The van der Waals surface area contributed by atoms with E-state index in [0.717, 1.165) is 33.8 Å². The Kier molecular flexibility index (Phi) is 7.97. The molecule has 0 fully saturated rings. The minimum absolute atomic E-state index is 0.612. The van der Waals surface area contributed by atoms with Gasteiger partial charge in [-0.1, -0.05) is 140 Å². The molecule has 4 nitrogen and oxygen atoms in total. The second-order valence-corrected chi connectivity index (χ2v) is 14.3. The van der Waals surface area contributed by atoms with E-state index in [1.807, 2.05) is 72.0 Å². The lowest BCUT2D eigenvalue weighted by molar-refractivity contribution is 1.07. The summed E-state index contributed by atoms with van der Waals surface area (Å²) in [5.74, 6) is 1.88. The van der Waals surface area contributed by atoms with E-state index in [2.05, 4.69) is 138 Å². The molecule has 0 aliphatic rings. The van der Waals surface area contributed by atoms with Gasteiger partial charge in [-0.05, 0) is 76.5 Å². The Morgan fingerprint density at radius 3 is 1.61 bits per heavy atom. The fraction of sp³-hybridized carbons (Fsp3) is 0. The van der Waals surface area contributed by atoms with Crippen molar-refractivity contribution in [1.82, 2.24) is 15.0 Å². The Hall–Kier alpha value is -6.95. The third kappa shape index (κ3) is 5.77. The standard InChI is InChI=1S/C49H32N4S/c1-5-15-33(16-6-1)37-26-25-34-27-29-45-46(41(34)31-37)42-32-39(28-30-44(42)54-45)53(38-21-11-4-12-22-38)43-24-14-13-23-40(43)49-51-47(35-17-7-2-8-18-35)50-48(52-49)36-19-9-3-10-20-36/h1-32H. The molecule has 0 saturated carbocycles. The molecular formula is C49H32N4S. The minimum Gasteiger partial charge on any atom is -0.310 e. The Labute approximate surface area is 317 Å². The van der Waals surface area contributed by atoms with Crippen LogP contribution in [0.15, 0.2) is 194 Å². The first kappa shape index (κ1) is 31.8. The van der Waals surface area contributed by atoms with E-state index in [-0.39, 0.29) is 0 Å². The van der Waals surface area contributed by atoms with Gasteiger partial charge >= 0.3 is 0 Å². The van der Waals surface area contributed by atoms with Crippen LogP contribution >= 0.6 is 11.3 Å². The Morgan fingerprint density at radius 2 is 0.926 bits per heavy atom. The van der Waals surface area contributed by atoms with Crippen LogP contribution in [0.1, 0.15) is 0 Å². The zero-order valence-corrected chi connectivity index (χ0v) is 30.0. The smallest absolute Gasteiger partial charge is 0.166 e. The van der Waals surface area contributed by atoms with Crippen LogP contribution in [0.5, 0.6) is 0 Å². The van der Waals surface area contributed by atoms with Gasteiger partial charge in [0.05, 0.1) is 5.69 Å². The van der Waals surface area contributed by atoms with Crippen molar-refractivity contribution in [3.63, 3.8) is 0 Å². The average molecular weight is 709 g/mol. The molecule has 0 aliphatic heterocycles. The highest BCUT2D eigenvalue weighted by Crippen LogP contribution is 2.45. The third-order valence-corrected chi connectivity index (χ3v) is 11.0. The van der Waals surface area contributed by atoms with Crippen molar-refractivity contribution in [2.45, 2.75) is 0 Å². The first-order valence-electron chi connectivity index (χ1n) is 18.0. The highest BCUT2D eigenvalue weighted by atomic mass is 32.1. The summed E-state index contributed by atoms with van der Waals surface area (Å²) in [5, 5.41) is 5.01. The quantitative estimate of drug-likeness (QED) is 0.165. The zero-order chi connectivity index (χ0) is 35.8. The fourth-order valence-electron chi connectivity index (χ4n) is 7.32. The maximum atomic E-state index is 5.13. The van der Waals surface area contributed by atoms with E-state index >= 15 is 0 Å². The number of fused-ring (bicyclic) bond motifs is 5. The maximum absolute atomic E-state index is 5.13. The van der Waals surface area contributed by atoms with Gasteiger partial charge in [0.1, 0.15) is 0 Å². The third-order valence-electron chi connectivity index (χ3n) is 9.90. The fourth-order valence-corrected chi connectivity index (χ4v) is 8.43. The summed E-state index contributed by atoms with van der Waals surface area (Å²) < 4.78 is 2.53. The summed E-state index contributed by atoms with van der Waals surface area (Å²) in [6, 6.07) is 68.1. The number of nitrogens with zero attached hydrogens (tertiary/aromatic N) is 4. The van der Waals surface area contributed by atoms with Crippen LogP contribution in [0, 0.1) is 0 Å². The van der Waals surface area contributed by atoms with E-state index in [0.29, 0.717) is 17.5 Å². The topological polar surface area (TPSA) is 41.9 Å². The Bertz CT molecular complexity index is 2870. The highest BCUT2D eigenvalue weighted by Gasteiger charge is 2.21. The van der Waals surface area contributed by atoms with E-state index in [1.165, 1.54) is 42.1 Å². The number of hydrogen-bond acceptors (Lipinski definition) is 5. The molecule has 0 atom stereocenters. The van der Waals surface area contributed by atoms with Crippen molar-refractivity contribution in [1.29, 1.82) is 0 Å². The first-order valence-corrected chi connectivity index (χ1v) is 18.8. The molecule has 8 aromatic carbocycles. The second-order valence-electron chi connectivity index (χ2n) is 13.2. The number of hydrogen-bond donors (Lipinski definition) is 0. The van der Waals surface area contributed by atoms with Crippen LogP contribution in [0.2, 0.25) is 0 Å². The van der Waals surface area contributed by atoms with Gasteiger partial charge in [0.15, 0.2) is 17.5 Å². The highest BCUT2D eigenvalue weighted by molar-refractivity contribution is 7.26. The lowest BCUT2D eigenvalue weighted by Gasteiger charge is -2.27. The molecule has 0 saturated heterocycles. The molecule has 2 heterocycles. The van der Waals surface area contributed by atoms with Crippen LogP contribution in [-0.2, 0) is 0 Å². The van der Waals surface area contributed by atoms with Crippen LogP contribution in [0.4, 0.5) is 17.1 Å². The van der Waals surface area contributed by atoms with Gasteiger partial charge in [-0.25, -0.2) is 15.0 Å². The summed E-state index contributed by atoms with van der Waals surface area (Å²) in [6.45, 7) is 0. The monoisotopic (exact) mass is 708 g/mol. The molecule has 0 aliphatic carbocycles. The number of benzene rings is 8. The molecule has 10 rings (SSSR count). The van der Waals surface area contributed by atoms with Gasteiger partial charge in [0.2, 0.25) is 0 Å². The van der Waals surface area contributed by atoms with Gasteiger partial charge in [-0.15, -0.1) is 11.3 Å². The summed E-state index contributed by atoms with van der Waals surface area (Å²) >= 11 is 1.84. The maximum Gasteiger partial charge on any atom is 0.166 e. The molecule has 254 valence electrons. The summed E-state index contributed by atoms with van der Waals surface area (Å²) in [6.07, 6.45) is 0. The van der Waals surface area contributed by atoms with Crippen molar-refractivity contribution < 1.29 is 0 Å². The Morgan fingerprint density at radius 1 is 0.370 bits per heavy atom. The average Bonchev–Trinajstić information content (AvgIpc) is 3.64. The number of anilines is 3. The number of rotatable bonds is 7. The lowest BCUT2D eigenvalue weighted by atomic mass is 9.98. The van der Waals surface area contributed by atoms with Gasteiger partial charge in [-0.3, -0.25) is 0 Å². The van der Waals surface area contributed by atoms with Crippen LogP contribution < -0.4 is 4.90 Å². The molecule has 5 heteroatoms. The van der Waals surface area contributed by atoms with Crippen molar-refractivity contribution in [3.8, 4) is 45.3 Å². The normalized spacial score (nSPS) is 11.3. The predicted octanol–water partition coefficient (Wildman–Crippen LogP) is 13.5. The Balaban J connectivity index is 1.19. The van der Waals surface area contributed by atoms with Crippen molar-refractivity contribution in [2.75, 3.05) is 4.90 Å². The molecule has 0 radical (unpaired) electrons. The van der Waals surface area contributed by atoms with Gasteiger partial charge < -0.3 is 4.90 Å². The SMILES string of the molecule is c1ccc(-c2ccc3ccc4sc5ccc(N(c6ccccc6)c6ccccc6-c6nc(-c7ccccc7)nc(-c7ccccc7)n6)cc5c4c3c2)cc1. The second kappa shape index (κ2) is 13.6. The summed E-state index contributed by atoms with van der Waals surface area (Å²) in [7, 11) is 0. The van der Waals surface area contributed by atoms with Gasteiger partial charge in [0.25, 0.3) is 0 Å². The summed E-state index contributed by atoms with van der Waals surface area (Å²) in [5.41, 5.74) is 8.29. The number of thiophene rings is 1.